The van der Waals surface area contributed by atoms with Crippen LogP contribution in [0.25, 0.3) is 17.2 Å². The lowest BCUT2D eigenvalue weighted by Crippen LogP contribution is -2.56. The van der Waals surface area contributed by atoms with Gasteiger partial charge < -0.3 is 14.4 Å². The average Bonchev–Trinajstić information content (AvgIpc) is 3.19. The predicted molar refractivity (Wildman–Crippen MR) is 134 cm³/mol. The molecule has 1 saturated carbocycles. The second-order valence-electron chi connectivity index (χ2n) is 9.93. The number of esters is 1. The summed E-state index contributed by atoms with van der Waals surface area (Å²) in [5.74, 6) is 0.0615. The highest BCUT2D eigenvalue weighted by Gasteiger charge is 2.56. The summed E-state index contributed by atoms with van der Waals surface area (Å²) < 4.78 is 11.0. The molecule has 1 aromatic carbocycles. The number of cyclic esters (lactones) is 1. The summed E-state index contributed by atoms with van der Waals surface area (Å²) in [6.07, 6.45) is 8.14. The molecular formula is C29H31N3O4. The van der Waals surface area contributed by atoms with Crippen molar-refractivity contribution >= 4 is 18.1 Å². The van der Waals surface area contributed by atoms with Gasteiger partial charge >= 0.3 is 12.1 Å². The Kier molecular flexibility index (Phi) is 6.77. The summed E-state index contributed by atoms with van der Waals surface area (Å²) >= 11 is 0. The van der Waals surface area contributed by atoms with Crippen molar-refractivity contribution in [2.75, 3.05) is 13.2 Å². The minimum Gasteiger partial charge on any atom is -0.462 e. The van der Waals surface area contributed by atoms with Gasteiger partial charge in [0.2, 0.25) is 0 Å². The molecule has 0 N–H and O–H groups in total. The van der Waals surface area contributed by atoms with Gasteiger partial charge in [-0.1, -0.05) is 24.3 Å². The molecule has 6 atom stereocenters. The molecule has 1 aromatic heterocycles. The molecule has 0 spiro atoms. The number of aromatic nitrogens is 1. The Hall–Kier alpha value is -3.66. The van der Waals surface area contributed by atoms with Crippen molar-refractivity contribution in [2.45, 2.75) is 45.3 Å². The van der Waals surface area contributed by atoms with Crippen LogP contribution in [0, 0.1) is 35.0 Å². The first kappa shape index (κ1) is 24.1. The monoisotopic (exact) mass is 485 g/mol. The molecule has 1 amide bonds. The average molecular weight is 486 g/mol. The topological polar surface area (TPSA) is 92.5 Å². The Morgan fingerprint density at radius 1 is 1.31 bits per heavy atom. The predicted octanol–water partition coefficient (Wildman–Crippen LogP) is 5.07. The van der Waals surface area contributed by atoms with Crippen LogP contribution in [0.3, 0.4) is 0 Å². The van der Waals surface area contributed by atoms with E-state index in [-0.39, 0.29) is 47.9 Å². The maximum Gasteiger partial charge on any atom is 0.410 e. The van der Waals surface area contributed by atoms with Crippen LogP contribution in [0.1, 0.15) is 44.4 Å². The van der Waals surface area contributed by atoms with Gasteiger partial charge in [0.1, 0.15) is 6.10 Å². The summed E-state index contributed by atoms with van der Waals surface area (Å²) in [5.41, 5.74) is 3.34. The maximum absolute atomic E-state index is 12.7. The third-order valence-electron chi connectivity index (χ3n) is 7.98. The van der Waals surface area contributed by atoms with E-state index in [1.54, 1.807) is 6.07 Å². The van der Waals surface area contributed by atoms with Gasteiger partial charge in [0.25, 0.3) is 0 Å². The highest BCUT2D eigenvalue weighted by atomic mass is 16.6. The number of ether oxygens (including phenoxy) is 2. The molecule has 7 heteroatoms. The van der Waals surface area contributed by atoms with Crippen molar-refractivity contribution in [3.05, 3.63) is 59.9 Å². The van der Waals surface area contributed by atoms with Crippen molar-refractivity contribution < 1.29 is 19.1 Å². The highest BCUT2D eigenvalue weighted by molar-refractivity contribution is 5.76. The second-order valence-corrected chi connectivity index (χ2v) is 9.93. The second kappa shape index (κ2) is 10.1. The zero-order valence-electron chi connectivity index (χ0n) is 20.7. The number of amides is 1. The molecule has 1 aliphatic carbocycles. The SMILES string of the molecule is CCOC(=O)N1CCCC2C(/C=C/c3ccc(-c4cccc(C#N)c4)cn3)C3C(C)OC(=O)C3CC21. The number of hydrogen-bond acceptors (Lipinski definition) is 6. The zero-order chi connectivity index (χ0) is 25.2. The van der Waals surface area contributed by atoms with E-state index in [9.17, 15) is 9.59 Å². The molecule has 3 fully saturated rings. The Balaban J connectivity index is 1.41. The largest absolute Gasteiger partial charge is 0.462 e. The minimum absolute atomic E-state index is 0.0331. The van der Waals surface area contributed by atoms with Crippen LogP contribution in [0.2, 0.25) is 0 Å². The van der Waals surface area contributed by atoms with E-state index in [1.807, 2.05) is 61.4 Å². The van der Waals surface area contributed by atoms with Crippen LogP contribution < -0.4 is 0 Å². The van der Waals surface area contributed by atoms with Crippen LogP contribution in [0.4, 0.5) is 4.79 Å². The van der Waals surface area contributed by atoms with Crippen LogP contribution in [0.15, 0.2) is 48.7 Å². The van der Waals surface area contributed by atoms with Crippen LogP contribution in [-0.4, -0.2) is 47.2 Å². The molecule has 2 aromatic rings. The number of hydrogen-bond donors (Lipinski definition) is 0. The molecule has 3 aliphatic rings. The lowest BCUT2D eigenvalue weighted by atomic mass is 9.61. The van der Waals surface area contributed by atoms with E-state index in [0.29, 0.717) is 25.1 Å². The van der Waals surface area contributed by atoms with E-state index in [0.717, 1.165) is 29.7 Å². The summed E-state index contributed by atoms with van der Waals surface area (Å²) in [6, 6.07) is 13.6. The third kappa shape index (κ3) is 4.48. The van der Waals surface area contributed by atoms with Gasteiger partial charge in [-0.3, -0.25) is 9.78 Å². The van der Waals surface area contributed by atoms with Gasteiger partial charge in [0, 0.05) is 30.3 Å². The third-order valence-corrected chi connectivity index (χ3v) is 7.98. The Labute approximate surface area is 211 Å². The molecule has 3 heterocycles. The number of carbonyl (C=O) groups excluding carboxylic acids is 2. The van der Waals surface area contributed by atoms with E-state index in [1.165, 1.54) is 0 Å². The molecular weight excluding hydrogens is 454 g/mol. The highest BCUT2D eigenvalue weighted by Crippen LogP contribution is 2.51. The molecule has 6 unspecified atom stereocenters. The van der Waals surface area contributed by atoms with Crippen molar-refractivity contribution in [1.29, 1.82) is 5.26 Å². The fraction of sp³-hybridized carbons (Fsp3) is 0.448. The van der Waals surface area contributed by atoms with Crippen LogP contribution >= 0.6 is 0 Å². The van der Waals surface area contributed by atoms with E-state index in [4.69, 9.17) is 14.7 Å². The molecule has 36 heavy (non-hydrogen) atoms. The first-order valence-corrected chi connectivity index (χ1v) is 12.8. The molecule has 5 rings (SSSR count). The number of allylic oxidation sites excluding steroid dienone is 1. The van der Waals surface area contributed by atoms with E-state index < -0.39 is 0 Å². The van der Waals surface area contributed by atoms with Crippen molar-refractivity contribution in [3.8, 4) is 17.2 Å². The van der Waals surface area contributed by atoms with Gasteiger partial charge in [0.15, 0.2) is 0 Å². The summed E-state index contributed by atoms with van der Waals surface area (Å²) in [7, 11) is 0. The van der Waals surface area contributed by atoms with Crippen molar-refractivity contribution in [3.63, 3.8) is 0 Å². The Bertz CT molecular complexity index is 1200. The van der Waals surface area contributed by atoms with E-state index in [2.05, 4.69) is 17.1 Å². The fourth-order valence-corrected chi connectivity index (χ4v) is 6.41. The van der Waals surface area contributed by atoms with Gasteiger partial charge in [0.05, 0.1) is 29.9 Å². The molecule has 186 valence electrons. The van der Waals surface area contributed by atoms with Gasteiger partial charge in [-0.15, -0.1) is 0 Å². The number of benzene rings is 1. The van der Waals surface area contributed by atoms with Crippen LogP contribution in [-0.2, 0) is 14.3 Å². The summed E-state index contributed by atoms with van der Waals surface area (Å²) in [5, 5.41) is 9.17. The minimum atomic E-state index is -0.287. The number of carbonyl (C=O) groups is 2. The quantitative estimate of drug-likeness (QED) is 0.562. The fourth-order valence-electron chi connectivity index (χ4n) is 6.41. The normalized spacial score (nSPS) is 29.2. The standard InChI is InChI=1S/C29H31N3O4/c1-3-35-29(34)32-13-5-8-23-24(27-18(2)36-28(33)25(27)15-26(23)32)12-11-22-10-9-21(17-31-22)20-7-4-6-19(14-20)16-30/h4,6-7,9-12,14,17-18,23-27H,3,5,8,13,15H2,1-2H3/b12-11+. The Morgan fingerprint density at radius 3 is 2.92 bits per heavy atom. The molecule has 0 bridgehead atoms. The maximum atomic E-state index is 12.7. The van der Waals surface area contributed by atoms with Crippen molar-refractivity contribution in [1.82, 2.24) is 9.88 Å². The first-order valence-electron chi connectivity index (χ1n) is 12.8. The number of rotatable bonds is 4. The number of nitrogens with zero attached hydrogens (tertiary/aromatic N) is 3. The smallest absolute Gasteiger partial charge is 0.410 e. The van der Waals surface area contributed by atoms with E-state index >= 15 is 0 Å². The number of pyridine rings is 1. The van der Waals surface area contributed by atoms with Crippen molar-refractivity contribution in [2.24, 2.45) is 23.7 Å². The number of nitriles is 1. The van der Waals surface area contributed by atoms with Gasteiger partial charge in [-0.25, -0.2) is 4.79 Å². The summed E-state index contributed by atoms with van der Waals surface area (Å²) in [6.45, 7) is 4.80. The zero-order valence-corrected chi connectivity index (χ0v) is 20.7. The molecule has 0 radical (unpaired) electrons. The lowest BCUT2D eigenvalue weighted by Gasteiger charge is -2.50. The van der Waals surface area contributed by atoms with Gasteiger partial charge in [-0.05, 0) is 74.8 Å². The molecule has 7 nitrogen and oxygen atoms in total. The molecule has 2 saturated heterocycles. The van der Waals surface area contributed by atoms with Crippen LogP contribution in [0.5, 0.6) is 0 Å². The summed E-state index contributed by atoms with van der Waals surface area (Å²) in [4.78, 5) is 31.9. The van der Waals surface area contributed by atoms with Gasteiger partial charge in [-0.2, -0.15) is 5.26 Å². The first-order chi connectivity index (χ1) is 17.5. The lowest BCUT2D eigenvalue weighted by molar-refractivity contribution is -0.144. The number of likely N-dealkylation sites (tertiary alicyclic amines) is 1. The molecule has 2 aliphatic heterocycles. The number of piperidine rings is 1. The number of fused-ring (bicyclic) bond motifs is 2. The Morgan fingerprint density at radius 2 is 2.17 bits per heavy atom.